The number of nitrogens with two attached hydrogens (primary N) is 1. The molecule has 2 aliphatic rings. The molecule has 1 aromatic rings. The van der Waals surface area contributed by atoms with Crippen molar-refractivity contribution in [1.82, 2.24) is 0 Å². The van der Waals surface area contributed by atoms with Crippen molar-refractivity contribution in [3.8, 4) is 6.07 Å². The lowest BCUT2D eigenvalue weighted by atomic mass is 10.1. The number of rotatable bonds is 3. The average Bonchev–Trinajstić information content (AvgIpc) is 3.23. The van der Waals surface area contributed by atoms with Crippen LogP contribution < -0.4 is 10.6 Å². The number of carbonyl (C=O) groups excluding carboxylic acids is 1. The minimum Gasteiger partial charge on any atom is -0.396 e. The van der Waals surface area contributed by atoms with Gasteiger partial charge in [0.1, 0.15) is 16.6 Å². The maximum atomic E-state index is 12.2. The molecular weight excluding hydrogens is 258 g/mol. The van der Waals surface area contributed by atoms with Crippen LogP contribution in [0.4, 0.5) is 10.7 Å². The summed E-state index contributed by atoms with van der Waals surface area (Å²) >= 11 is 1.42. The number of ketones is 1. The minimum atomic E-state index is 0.141. The van der Waals surface area contributed by atoms with E-state index in [0.29, 0.717) is 16.1 Å². The Hall–Kier alpha value is -1.54. The van der Waals surface area contributed by atoms with Gasteiger partial charge in [-0.1, -0.05) is 0 Å². The van der Waals surface area contributed by atoms with Crippen molar-refractivity contribution in [2.75, 3.05) is 23.7 Å². The molecule has 5 heteroatoms. The van der Waals surface area contributed by atoms with Crippen LogP contribution in [0.25, 0.3) is 0 Å². The molecule has 1 saturated heterocycles. The largest absolute Gasteiger partial charge is 0.396 e. The van der Waals surface area contributed by atoms with Gasteiger partial charge in [-0.15, -0.1) is 11.3 Å². The van der Waals surface area contributed by atoms with Gasteiger partial charge in [0.05, 0.1) is 10.6 Å². The number of piperidine rings is 1. The lowest BCUT2D eigenvalue weighted by Gasteiger charge is -2.27. The molecule has 3 rings (SSSR count). The Morgan fingerprint density at radius 2 is 2.00 bits per heavy atom. The van der Waals surface area contributed by atoms with E-state index in [1.807, 2.05) is 0 Å². The molecule has 1 aliphatic carbocycles. The Morgan fingerprint density at radius 3 is 2.58 bits per heavy atom. The minimum absolute atomic E-state index is 0.141. The number of nitrogen functional groups attached to an aromatic ring is 1. The van der Waals surface area contributed by atoms with Crippen LogP contribution in [-0.2, 0) is 0 Å². The first kappa shape index (κ1) is 12.5. The summed E-state index contributed by atoms with van der Waals surface area (Å²) in [6.45, 7) is 1.93. The smallest absolute Gasteiger partial charge is 0.178 e. The highest BCUT2D eigenvalue weighted by Crippen LogP contribution is 2.43. The van der Waals surface area contributed by atoms with Gasteiger partial charge in [-0.25, -0.2) is 0 Å². The summed E-state index contributed by atoms with van der Waals surface area (Å²) in [7, 11) is 0. The second-order valence-electron chi connectivity index (χ2n) is 5.32. The highest BCUT2D eigenvalue weighted by atomic mass is 32.1. The number of hydrogen-bond acceptors (Lipinski definition) is 5. The van der Waals surface area contributed by atoms with E-state index in [-0.39, 0.29) is 11.7 Å². The normalized spacial score (nSPS) is 19.2. The Morgan fingerprint density at radius 1 is 1.32 bits per heavy atom. The molecule has 4 nitrogen and oxygen atoms in total. The Balaban J connectivity index is 1.96. The van der Waals surface area contributed by atoms with Gasteiger partial charge in [-0.2, -0.15) is 5.26 Å². The van der Waals surface area contributed by atoms with Crippen LogP contribution >= 0.6 is 11.3 Å². The van der Waals surface area contributed by atoms with Gasteiger partial charge in [0, 0.05) is 19.0 Å². The molecule has 0 unspecified atom stereocenters. The third-order valence-corrected chi connectivity index (χ3v) is 5.13. The molecule has 100 valence electrons. The molecule has 2 heterocycles. The second kappa shape index (κ2) is 4.86. The third-order valence-electron chi connectivity index (χ3n) is 3.85. The van der Waals surface area contributed by atoms with Crippen LogP contribution in [0.15, 0.2) is 0 Å². The summed E-state index contributed by atoms with van der Waals surface area (Å²) in [5.74, 6) is 0.295. The van der Waals surface area contributed by atoms with Gasteiger partial charge in [0.25, 0.3) is 0 Å². The number of carbonyl (C=O) groups is 1. The maximum absolute atomic E-state index is 12.2. The van der Waals surface area contributed by atoms with Crippen molar-refractivity contribution in [2.24, 2.45) is 5.92 Å². The SMILES string of the molecule is N#Cc1c(N2CCCCC2)sc(C(=O)C2CC2)c1N. The lowest BCUT2D eigenvalue weighted by Crippen LogP contribution is -2.29. The van der Waals surface area contributed by atoms with Crippen LogP contribution in [0.5, 0.6) is 0 Å². The molecule has 19 heavy (non-hydrogen) atoms. The molecule has 1 aromatic heterocycles. The van der Waals surface area contributed by atoms with Gasteiger partial charge in [0.2, 0.25) is 0 Å². The predicted molar refractivity (Wildman–Crippen MR) is 76.6 cm³/mol. The highest BCUT2D eigenvalue weighted by molar-refractivity contribution is 7.19. The Bertz CT molecular complexity index is 548. The number of thiophene rings is 1. The fourth-order valence-corrected chi connectivity index (χ4v) is 3.82. The van der Waals surface area contributed by atoms with E-state index in [0.717, 1.165) is 43.8 Å². The lowest BCUT2D eigenvalue weighted by molar-refractivity contribution is 0.0972. The fourth-order valence-electron chi connectivity index (χ4n) is 2.57. The van der Waals surface area contributed by atoms with E-state index in [4.69, 9.17) is 5.73 Å². The quantitative estimate of drug-likeness (QED) is 0.861. The monoisotopic (exact) mass is 275 g/mol. The number of Topliss-reactive ketones (excluding diaryl/α,β-unsaturated/α-hetero) is 1. The zero-order valence-corrected chi connectivity index (χ0v) is 11.6. The summed E-state index contributed by atoms with van der Waals surface area (Å²) in [4.78, 5) is 15.0. The average molecular weight is 275 g/mol. The third kappa shape index (κ3) is 2.21. The number of anilines is 2. The summed E-state index contributed by atoms with van der Waals surface area (Å²) in [5.41, 5.74) is 6.95. The van der Waals surface area contributed by atoms with E-state index in [9.17, 15) is 10.1 Å². The first-order valence-corrected chi connectivity index (χ1v) is 7.65. The molecule has 0 atom stereocenters. The van der Waals surface area contributed by atoms with Crippen molar-refractivity contribution >= 4 is 27.8 Å². The molecule has 0 spiro atoms. The van der Waals surface area contributed by atoms with Gasteiger partial charge >= 0.3 is 0 Å². The molecule has 2 fully saturated rings. The predicted octanol–water partition coefficient (Wildman–Crippen LogP) is 2.78. The van der Waals surface area contributed by atoms with E-state index >= 15 is 0 Å². The van der Waals surface area contributed by atoms with E-state index in [1.54, 1.807) is 0 Å². The van der Waals surface area contributed by atoms with Gasteiger partial charge in [-0.3, -0.25) is 4.79 Å². The highest BCUT2D eigenvalue weighted by Gasteiger charge is 2.34. The molecule has 1 aliphatic heterocycles. The van der Waals surface area contributed by atoms with Crippen LogP contribution in [0.1, 0.15) is 47.3 Å². The van der Waals surface area contributed by atoms with Gasteiger partial charge in [0.15, 0.2) is 5.78 Å². The zero-order chi connectivity index (χ0) is 13.4. The van der Waals surface area contributed by atoms with Gasteiger partial charge < -0.3 is 10.6 Å². The van der Waals surface area contributed by atoms with Crippen molar-refractivity contribution < 1.29 is 4.79 Å². The van der Waals surface area contributed by atoms with E-state index < -0.39 is 0 Å². The number of hydrogen-bond donors (Lipinski definition) is 1. The Kier molecular flexibility index (Phi) is 3.19. The molecule has 0 radical (unpaired) electrons. The molecule has 0 aromatic carbocycles. The molecule has 0 amide bonds. The zero-order valence-electron chi connectivity index (χ0n) is 10.8. The second-order valence-corrected chi connectivity index (χ2v) is 6.32. The van der Waals surface area contributed by atoms with Crippen LogP contribution in [0, 0.1) is 17.2 Å². The fraction of sp³-hybridized carbons (Fsp3) is 0.571. The topological polar surface area (TPSA) is 70.1 Å². The molecule has 1 saturated carbocycles. The van der Waals surface area contributed by atoms with Crippen LogP contribution in [0.2, 0.25) is 0 Å². The standard InChI is InChI=1S/C14H17N3OS/c15-8-10-11(16)13(12(18)9-4-5-9)19-14(10)17-6-2-1-3-7-17/h9H,1-7,16H2. The van der Waals surface area contributed by atoms with Crippen molar-refractivity contribution in [3.63, 3.8) is 0 Å². The summed E-state index contributed by atoms with van der Waals surface area (Å²) in [6, 6.07) is 2.19. The van der Waals surface area contributed by atoms with Crippen LogP contribution in [-0.4, -0.2) is 18.9 Å². The molecule has 2 N–H and O–H groups in total. The summed E-state index contributed by atoms with van der Waals surface area (Å²) < 4.78 is 0. The van der Waals surface area contributed by atoms with Crippen molar-refractivity contribution in [2.45, 2.75) is 32.1 Å². The van der Waals surface area contributed by atoms with E-state index in [2.05, 4.69) is 11.0 Å². The number of nitriles is 1. The van der Waals surface area contributed by atoms with Crippen molar-refractivity contribution in [1.29, 1.82) is 5.26 Å². The van der Waals surface area contributed by atoms with Crippen LogP contribution in [0.3, 0.4) is 0 Å². The van der Waals surface area contributed by atoms with Gasteiger partial charge in [-0.05, 0) is 32.1 Å². The maximum Gasteiger partial charge on any atom is 0.178 e. The summed E-state index contributed by atoms with van der Waals surface area (Å²) in [6.07, 6.45) is 5.48. The number of nitrogens with zero attached hydrogens (tertiary/aromatic N) is 2. The molecule has 0 bridgehead atoms. The molecular formula is C14H17N3OS. The summed E-state index contributed by atoms with van der Waals surface area (Å²) in [5, 5.41) is 10.2. The van der Waals surface area contributed by atoms with Crippen molar-refractivity contribution in [3.05, 3.63) is 10.4 Å². The first-order valence-electron chi connectivity index (χ1n) is 6.84. The Labute approximate surface area is 116 Å². The van der Waals surface area contributed by atoms with E-state index in [1.165, 1.54) is 17.8 Å². The first-order chi connectivity index (χ1) is 9.22.